The van der Waals surface area contributed by atoms with E-state index in [2.05, 4.69) is 16.7 Å². The molecule has 130 valence electrons. The van der Waals surface area contributed by atoms with Gasteiger partial charge in [0.15, 0.2) is 0 Å². The van der Waals surface area contributed by atoms with Crippen molar-refractivity contribution in [2.75, 3.05) is 5.32 Å². The SMILES string of the molecule is CC(=O)NC(CC(=O)Nc1cccc2c1CCCC2)c1ccccc1. The Kier molecular flexibility index (Phi) is 5.49. The lowest BCUT2D eigenvalue weighted by molar-refractivity contribution is -0.120. The van der Waals surface area contributed by atoms with Crippen LogP contribution in [0.5, 0.6) is 0 Å². The van der Waals surface area contributed by atoms with Crippen LogP contribution >= 0.6 is 0 Å². The van der Waals surface area contributed by atoms with Crippen molar-refractivity contribution in [1.82, 2.24) is 5.32 Å². The summed E-state index contributed by atoms with van der Waals surface area (Å²) in [6, 6.07) is 15.4. The van der Waals surface area contributed by atoms with E-state index in [1.165, 1.54) is 30.9 Å². The van der Waals surface area contributed by atoms with Crippen LogP contribution in [0.15, 0.2) is 48.5 Å². The van der Waals surface area contributed by atoms with Gasteiger partial charge in [0.05, 0.1) is 12.5 Å². The molecule has 0 fully saturated rings. The average Bonchev–Trinajstić information content (AvgIpc) is 2.62. The number of anilines is 1. The molecule has 0 heterocycles. The second kappa shape index (κ2) is 7.97. The Bertz CT molecular complexity index is 756. The van der Waals surface area contributed by atoms with Gasteiger partial charge in [0.2, 0.25) is 11.8 Å². The number of rotatable bonds is 5. The van der Waals surface area contributed by atoms with Crippen LogP contribution in [0.4, 0.5) is 5.69 Å². The third-order valence-corrected chi connectivity index (χ3v) is 4.64. The molecule has 1 unspecified atom stereocenters. The van der Waals surface area contributed by atoms with Crippen molar-refractivity contribution < 1.29 is 9.59 Å². The summed E-state index contributed by atoms with van der Waals surface area (Å²) in [6.07, 6.45) is 4.69. The molecule has 0 aliphatic heterocycles. The van der Waals surface area contributed by atoms with Crippen LogP contribution in [-0.2, 0) is 22.4 Å². The van der Waals surface area contributed by atoms with Gasteiger partial charge in [0.25, 0.3) is 0 Å². The van der Waals surface area contributed by atoms with Crippen molar-refractivity contribution in [2.24, 2.45) is 0 Å². The number of hydrogen-bond acceptors (Lipinski definition) is 2. The molecule has 4 heteroatoms. The van der Waals surface area contributed by atoms with E-state index in [0.717, 1.165) is 24.1 Å². The van der Waals surface area contributed by atoms with Crippen LogP contribution in [0.25, 0.3) is 0 Å². The van der Waals surface area contributed by atoms with Crippen LogP contribution in [0, 0.1) is 0 Å². The van der Waals surface area contributed by atoms with Crippen molar-refractivity contribution >= 4 is 17.5 Å². The minimum absolute atomic E-state index is 0.0819. The summed E-state index contributed by atoms with van der Waals surface area (Å²) in [6.45, 7) is 1.47. The smallest absolute Gasteiger partial charge is 0.226 e. The lowest BCUT2D eigenvalue weighted by atomic mass is 9.90. The minimum Gasteiger partial charge on any atom is -0.349 e. The fourth-order valence-corrected chi connectivity index (χ4v) is 3.47. The van der Waals surface area contributed by atoms with Gasteiger partial charge in [-0.1, -0.05) is 42.5 Å². The molecule has 2 amide bonds. The van der Waals surface area contributed by atoms with E-state index in [0.29, 0.717) is 0 Å². The molecule has 25 heavy (non-hydrogen) atoms. The number of carbonyl (C=O) groups excluding carboxylic acids is 2. The Morgan fingerprint density at radius 2 is 1.76 bits per heavy atom. The van der Waals surface area contributed by atoms with Crippen molar-refractivity contribution in [3.63, 3.8) is 0 Å². The van der Waals surface area contributed by atoms with E-state index in [1.807, 2.05) is 42.5 Å². The van der Waals surface area contributed by atoms with Gasteiger partial charge in [0, 0.05) is 12.6 Å². The summed E-state index contributed by atoms with van der Waals surface area (Å²) >= 11 is 0. The quantitative estimate of drug-likeness (QED) is 0.873. The van der Waals surface area contributed by atoms with Gasteiger partial charge in [-0.25, -0.2) is 0 Å². The second-order valence-electron chi connectivity index (χ2n) is 6.57. The maximum atomic E-state index is 12.6. The largest absolute Gasteiger partial charge is 0.349 e. The molecule has 1 atom stereocenters. The predicted molar refractivity (Wildman–Crippen MR) is 99.3 cm³/mol. The summed E-state index contributed by atoms with van der Waals surface area (Å²) < 4.78 is 0. The van der Waals surface area contributed by atoms with Crippen molar-refractivity contribution in [2.45, 2.75) is 45.1 Å². The zero-order valence-electron chi connectivity index (χ0n) is 14.5. The highest BCUT2D eigenvalue weighted by Gasteiger charge is 2.19. The number of nitrogens with one attached hydrogen (secondary N) is 2. The van der Waals surface area contributed by atoms with Crippen LogP contribution in [-0.4, -0.2) is 11.8 Å². The zero-order valence-corrected chi connectivity index (χ0v) is 14.5. The van der Waals surface area contributed by atoms with E-state index in [1.54, 1.807) is 0 Å². The first-order valence-electron chi connectivity index (χ1n) is 8.86. The molecular weight excluding hydrogens is 312 g/mol. The third-order valence-electron chi connectivity index (χ3n) is 4.64. The molecule has 0 radical (unpaired) electrons. The second-order valence-corrected chi connectivity index (χ2v) is 6.57. The highest BCUT2D eigenvalue weighted by molar-refractivity contribution is 5.92. The zero-order chi connectivity index (χ0) is 17.6. The lowest BCUT2D eigenvalue weighted by Crippen LogP contribution is -2.30. The maximum absolute atomic E-state index is 12.6. The first kappa shape index (κ1) is 17.2. The molecule has 1 aliphatic carbocycles. The van der Waals surface area contributed by atoms with E-state index >= 15 is 0 Å². The van der Waals surface area contributed by atoms with Gasteiger partial charge >= 0.3 is 0 Å². The minimum atomic E-state index is -0.321. The van der Waals surface area contributed by atoms with Gasteiger partial charge in [-0.3, -0.25) is 9.59 Å². The standard InChI is InChI=1S/C21H24N2O2/c1-15(24)22-20(17-9-3-2-4-10-17)14-21(25)23-19-13-7-11-16-8-5-6-12-18(16)19/h2-4,7,9-11,13,20H,5-6,8,12,14H2,1H3,(H,22,24)(H,23,25). The van der Waals surface area contributed by atoms with E-state index in [9.17, 15) is 9.59 Å². The monoisotopic (exact) mass is 336 g/mol. The molecule has 0 saturated heterocycles. The Morgan fingerprint density at radius 3 is 2.52 bits per heavy atom. The van der Waals surface area contributed by atoms with Crippen molar-refractivity contribution in [3.8, 4) is 0 Å². The Hall–Kier alpha value is -2.62. The molecular formula is C21H24N2O2. The van der Waals surface area contributed by atoms with Gasteiger partial charge < -0.3 is 10.6 Å². The molecule has 0 spiro atoms. The third kappa shape index (κ3) is 4.47. The maximum Gasteiger partial charge on any atom is 0.226 e. The van der Waals surface area contributed by atoms with Crippen molar-refractivity contribution in [3.05, 3.63) is 65.2 Å². The fourth-order valence-electron chi connectivity index (χ4n) is 3.47. The average molecular weight is 336 g/mol. The topological polar surface area (TPSA) is 58.2 Å². The first-order chi connectivity index (χ1) is 12.1. The molecule has 2 N–H and O–H groups in total. The van der Waals surface area contributed by atoms with Crippen molar-refractivity contribution in [1.29, 1.82) is 0 Å². The highest BCUT2D eigenvalue weighted by atomic mass is 16.2. The summed E-state index contributed by atoms with van der Waals surface area (Å²) in [5.41, 5.74) is 4.45. The molecule has 1 aliphatic rings. The molecule has 0 bridgehead atoms. The summed E-state index contributed by atoms with van der Waals surface area (Å²) in [5.74, 6) is -0.222. The van der Waals surface area contributed by atoms with Gasteiger partial charge in [-0.05, 0) is 48.4 Å². The van der Waals surface area contributed by atoms with E-state index in [4.69, 9.17) is 0 Å². The Labute approximate surface area is 148 Å². The first-order valence-corrected chi connectivity index (χ1v) is 8.86. The normalized spacial score (nSPS) is 14.3. The lowest BCUT2D eigenvalue weighted by Gasteiger charge is -2.21. The van der Waals surface area contributed by atoms with Crippen LogP contribution in [0.3, 0.4) is 0 Å². The summed E-state index contributed by atoms with van der Waals surface area (Å²) in [5, 5.41) is 5.93. The number of benzene rings is 2. The Morgan fingerprint density at radius 1 is 1.00 bits per heavy atom. The molecule has 2 aromatic carbocycles. The number of amides is 2. The summed E-state index contributed by atoms with van der Waals surface area (Å²) in [7, 11) is 0. The molecule has 2 aromatic rings. The number of carbonyl (C=O) groups is 2. The van der Waals surface area contributed by atoms with Gasteiger partial charge in [0.1, 0.15) is 0 Å². The number of fused-ring (bicyclic) bond motifs is 1. The van der Waals surface area contributed by atoms with E-state index in [-0.39, 0.29) is 24.3 Å². The molecule has 4 nitrogen and oxygen atoms in total. The summed E-state index contributed by atoms with van der Waals surface area (Å²) in [4.78, 5) is 24.1. The molecule has 0 saturated carbocycles. The fraction of sp³-hybridized carbons (Fsp3) is 0.333. The van der Waals surface area contributed by atoms with E-state index < -0.39 is 0 Å². The highest BCUT2D eigenvalue weighted by Crippen LogP contribution is 2.28. The number of aryl methyl sites for hydroxylation is 1. The molecule has 3 rings (SSSR count). The van der Waals surface area contributed by atoms with Crippen LogP contribution < -0.4 is 10.6 Å². The molecule has 0 aromatic heterocycles. The van der Waals surface area contributed by atoms with Crippen LogP contribution in [0.2, 0.25) is 0 Å². The van der Waals surface area contributed by atoms with Gasteiger partial charge in [-0.2, -0.15) is 0 Å². The van der Waals surface area contributed by atoms with Gasteiger partial charge in [-0.15, -0.1) is 0 Å². The number of hydrogen-bond donors (Lipinski definition) is 2. The predicted octanol–water partition coefficient (Wildman–Crippen LogP) is 3.77. The van der Waals surface area contributed by atoms with Crippen LogP contribution in [0.1, 0.15) is 48.9 Å². The Balaban J connectivity index is 1.73.